The van der Waals surface area contributed by atoms with Gasteiger partial charge in [0.25, 0.3) is 0 Å². The van der Waals surface area contributed by atoms with E-state index in [0.717, 1.165) is 34.0 Å². The molecule has 10 aromatic rings. The van der Waals surface area contributed by atoms with Crippen LogP contribution in [0.4, 0.5) is 28.4 Å². The third-order valence-electron chi connectivity index (χ3n) is 18.1. The Bertz CT molecular complexity index is 3920. The second-order valence-electron chi connectivity index (χ2n) is 23.0. The van der Waals surface area contributed by atoms with Crippen molar-refractivity contribution >= 4 is 97.0 Å². The first-order valence-electron chi connectivity index (χ1n) is 25.8. The van der Waals surface area contributed by atoms with Gasteiger partial charge < -0.3 is 14.1 Å². The monoisotopic (exact) mass is 930 g/mol. The summed E-state index contributed by atoms with van der Waals surface area (Å²) in [4.78, 5) is 5.47. The summed E-state index contributed by atoms with van der Waals surface area (Å²) >= 11 is 0. The molecule has 0 radical (unpaired) electrons. The summed E-state index contributed by atoms with van der Waals surface area (Å²) in [7, 11) is -2.96. The Hall–Kier alpha value is -7.34. The zero-order valence-corrected chi connectivity index (χ0v) is 42.6. The first-order valence-corrected chi connectivity index (χ1v) is 27.8. The largest absolute Gasteiger partial charge is 0.454 e. The third-order valence-corrected chi connectivity index (χ3v) is 22.9. The Kier molecular flexibility index (Phi) is 8.15. The molecule has 4 heterocycles. The minimum Gasteiger partial charge on any atom is -0.454 e. The fraction of sp³-hybridized carbons (Fsp3) is 0.182. The van der Waals surface area contributed by atoms with E-state index in [9.17, 15) is 0 Å². The van der Waals surface area contributed by atoms with Crippen molar-refractivity contribution in [3.63, 3.8) is 0 Å². The topological polar surface area (TPSA) is 19.6 Å². The van der Waals surface area contributed by atoms with Crippen LogP contribution in [0.1, 0.15) is 82.2 Å². The Labute approximate surface area is 418 Å². The van der Waals surface area contributed by atoms with Gasteiger partial charge in [-0.05, 0) is 131 Å². The molecule has 5 heteroatoms. The van der Waals surface area contributed by atoms with Crippen LogP contribution >= 0.6 is 0 Å². The number of anilines is 5. The average Bonchev–Trinajstić information content (AvgIpc) is 3.89. The van der Waals surface area contributed by atoms with Crippen LogP contribution < -0.4 is 41.4 Å². The Morgan fingerprint density at radius 1 is 0.493 bits per heavy atom. The first kappa shape index (κ1) is 41.4. The molecule has 0 spiro atoms. The van der Waals surface area contributed by atoms with Crippen LogP contribution in [0, 0.1) is 6.92 Å². The van der Waals surface area contributed by atoms with Gasteiger partial charge in [-0.3, -0.25) is 0 Å². The van der Waals surface area contributed by atoms with Crippen LogP contribution in [0.3, 0.4) is 0 Å². The molecule has 0 N–H and O–H groups in total. The SMILES string of the molecule is Cc1cc2c(cc1N1c3cc4c(c5c3B(c3ccc6c(oc7ccccc76)c31)N1c3ccccc3[Si](c3ccccc3)(c3ccccc3)c3cccc-5c31)-c1ccccc1C4(C)C)C(C)(C)CCC2(C)C. The molecule has 0 unspecified atom stereocenters. The van der Waals surface area contributed by atoms with E-state index in [4.69, 9.17) is 4.42 Å². The quantitative estimate of drug-likeness (QED) is 0.165. The second kappa shape index (κ2) is 14.0. The highest BCUT2D eigenvalue weighted by Crippen LogP contribution is 2.59. The van der Waals surface area contributed by atoms with E-state index in [2.05, 4.69) is 240 Å². The molecule has 342 valence electrons. The van der Waals surface area contributed by atoms with Gasteiger partial charge >= 0.3 is 6.85 Å². The smallest absolute Gasteiger partial charge is 0.333 e. The molecule has 15 rings (SSSR count). The highest BCUT2D eigenvalue weighted by Gasteiger charge is 2.57. The minimum atomic E-state index is -2.96. The van der Waals surface area contributed by atoms with E-state index < -0.39 is 8.07 Å². The maximum absolute atomic E-state index is 7.31. The number of furan rings is 1. The molecular formula is C66H55BN2OSi. The van der Waals surface area contributed by atoms with Crippen LogP contribution in [0.5, 0.6) is 0 Å². The summed E-state index contributed by atoms with van der Waals surface area (Å²) in [6.07, 6.45) is 2.32. The number of benzene rings is 9. The molecule has 0 saturated heterocycles. The molecule has 71 heavy (non-hydrogen) atoms. The van der Waals surface area contributed by atoms with E-state index in [-0.39, 0.29) is 23.1 Å². The van der Waals surface area contributed by atoms with Gasteiger partial charge in [0.2, 0.25) is 0 Å². The summed E-state index contributed by atoms with van der Waals surface area (Å²) in [5.74, 6) is 0. The molecule has 3 nitrogen and oxygen atoms in total. The van der Waals surface area contributed by atoms with Gasteiger partial charge in [0.15, 0.2) is 13.7 Å². The molecule has 2 aliphatic carbocycles. The van der Waals surface area contributed by atoms with Gasteiger partial charge in [0, 0.05) is 44.5 Å². The van der Waals surface area contributed by atoms with Crippen molar-refractivity contribution < 1.29 is 4.42 Å². The fourth-order valence-electron chi connectivity index (χ4n) is 14.6. The summed E-state index contributed by atoms with van der Waals surface area (Å²) < 4.78 is 7.31. The number of hydrogen-bond acceptors (Lipinski definition) is 3. The molecule has 3 aliphatic heterocycles. The van der Waals surface area contributed by atoms with Gasteiger partial charge in [-0.15, -0.1) is 0 Å². The van der Waals surface area contributed by atoms with Crippen molar-refractivity contribution in [3.05, 3.63) is 210 Å². The highest BCUT2D eigenvalue weighted by molar-refractivity contribution is 7.22. The lowest BCUT2D eigenvalue weighted by atomic mass is 9.42. The Balaban J connectivity index is 1.15. The fourth-order valence-corrected chi connectivity index (χ4v) is 19.7. The predicted molar refractivity (Wildman–Crippen MR) is 302 cm³/mol. The number of para-hydroxylation sites is 3. The zero-order valence-electron chi connectivity index (χ0n) is 41.6. The van der Waals surface area contributed by atoms with Gasteiger partial charge in [0.1, 0.15) is 5.58 Å². The Morgan fingerprint density at radius 3 is 1.87 bits per heavy atom. The standard InChI is InChI=1S/C66H55BN2OSi/c1-40-37-48-49(65(4,5)36-35-64(48,2)3)38-53(40)68-54-39-50-58(45-26-14-16-28-47(45)66(50,6)7)59-46-27-20-32-57-61(46)69(67(60(54)59)51-34-33-44-43-25-15-18-30-55(43)70-63(44)62(51)68)52-29-17-19-31-56(52)71(57,41-21-10-8-11-22-41)42-23-12-9-13-24-42/h8-34,37-39H,35-36H2,1-7H3. The average molecular weight is 931 g/mol. The van der Waals surface area contributed by atoms with E-state index in [1.165, 1.54) is 111 Å². The van der Waals surface area contributed by atoms with E-state index in [0.29, 0.717) is 0 Å². The van der Waals surface area contributed by atoms with Crippen LogP contribution in [0.15, 0.2) is 186 Å². The maximum Gasteiger partial charge on any atom is 0.333 e. The van der Waals surface area contributed by atoms with Crippen molar-refractivity contribution in [2.45, 2.75) is 77.6 Å². The molecule has 5 aliphatic rings. The van der Waals surface area contributed by atoms with E-state index in [1.807, 2.05) is 0 Å². The molecule has 0 atom stereocenters. The van der Waals surface area contributed by atoms with Crippen molar-refractivity contribution in [2.24, 2.45) is 0 Å². The number of fused-ring (bicyclic) bond motifs is 15. The van der Waals surface area contributed by atoms with Crippen molar-refractivity contribution in [1.29, 1.82) is 0 Å². The van der Waals surface area contributed by atoms with E-state index >= 15 is 0 Å². The minimum absolute atomic E-state index is 0.0154. The van der Waals surface area contributed by atoms with Crippen molar-refractivity contribution in [3.8, 4) is 22.3 Å². The summed E-state index contributed by atoms with van der Waals surface area (Å²) in [5.41, 5.74) is 23.0. The van der Waals surface area contributed by atoms with Crippen molar-refractivity contribution in [1.82, 2.24) is 0 Å². The Morgan fingerprint density at radius 2 is 1.11 bits per heavy atom. The molecule has 9 aromatic carbocycles. The number of rotatable bonds is 3. The van der Waals surface area contributed by atoms with Crippen LogP contribution in [-0.4, -0.2) is 14.9 Å². The number of hydrogen-bond donors (Lipinski definition) is 0. The lowest BCUT2D eigenvalue weighted by molar-refractivity contribution is 0.332. The van der Waals surface area contributed by atoms with E-state index in [1.54, 1.807) is 0 Å². The molecule has 0 bridgehead atoms. The molecule has 0 fully saturated rings. The summed E-state index contributed by atoms with van der Waals surface area (Å²) in [6, 6.07) is 70.3. The highest BCUT2D eigenvalue weighted by atomic mass is 28.3. The number of aryl methyl sites for hydroxylation is 1. The van der Waals surface area contributed by atoms with Gasteiger partial charge in [0.05, 0.1) is 5.69 Å². The maximum atomic E-state index is 7.31. The predicted octanol–water partition coefficient (Wildman–Crippen LogP) is 12.9. The second-order valence-corrected chi connectivity index (χ2v) is 26.7. The van der Waals surface area contributed by atoms with Crippen LogP contribution in [0.2, 0.25) is 0 Å². The summed E-state index contributed by atoms with van der Waals surface area (Å²) in [6.45, 7) is 16.9. The van der Waals surface area contributed by atoms with Gasteiger partial charge in [-0.25, -0.2) is 0 Å². The lowest BCUT2D eigenvalue weighted by Crippen LogP contribution is -2.79. The number of nitrogens with zero attached hydrogens (tertiary/aromatic N) is 2. The molecular weight excluding hydrogens is 876 g/mol. The molecule has 0 amide bonds. The summed E-state index contributed by atoms with van der Waals surface area (Å²) in [5, 5.41) is 7.95. The van der Waals surface area contributed by atoms with Crippen molar-refractivity contribution in [2.75, 3.05) is 9.71 Å². The van der Waals surface area contributed by atoms with Crippen LogP contribution in [-0.2, 0) is 16.2 Å². The third kappa shape index (κ3) is 5.15. The molecule has 0 saturated carbocycles. The van der Waals surface area contributed by atoms with Gasteiger partial charge in [-0.1, -0.05) is 199 Å². The normalized spacial score (nSPS) is 17.5. The molecule has 1 aromatic heterocycles. The van der Waals surface area contributed by atoms with Gasteiger partial charge in [-0.2, -0.15) is 0 Å². The van der Waals surface area contributed by atoms with Crippen LogP contribution in [0.25, 0.3) is 44.2 Å². The lowest BCUT2D eigenvalue weighted by Gasteiger charge is -2.52. The zero-order chi connectivity index (χ0) is 47.9. The first-order chi connectivity index (χ1) is 34.4.